The second-order valence-electron chi connectivity index (χ2n) is 30.1. The lowest BCUT2D eigenvalue weighted by molar-refractivity contribution is -0.155. The molecule has 0 saturated carbocycles. The summed E-state index contributed by atoms with van der Waals surface area (Å²) >= 11 is 0. The number of ether oxygens (including phenoxy) is 2. The van der Waals surface area contributed by atoms with E-state index < -0.39 is 42.7 Å². The highest BCUT2D eigenvalue weighted by atomic mass is 19.4. The van der Waals surface area contributed by atoms with Crippen molar-refractivity contribution in [2.24, 2.45) is 11.8 Å². The summed E-state index contributed by atoms with van der Waals surface area (Å²) in [6.45, 7) is 15.8. The Morgan fingerprint density at radius 3 is 1.57 bits per heavy atom. The lowest BCUT2D eigenvalue weighted by Gasteiger charge is -2.42. The number of hydrogen-bond donors (Lipinski definition) is 13. The third-order valence-corrected chi connectivity index (χ3v) is 20.9. The summed E-state index contributed by atoms with van der Waals surface area (Å²) in [4.78, 5) is 45.9. The van der Waals surface area contributed by atoms with Crippen LogP contribution in [0.3, 0.4) is 0 Å². The van der Waals surface area contributed by atoms with Gasteiger partial charge < -0.3 is 87.5 Å². The number of amides is 3. The van der Waals surface area contributed by atoms with E-state index in [9.17, 15) is 68.4 Å². The molecule has 4 aliphatic heterocycles. The number of aliphatic hydroxyl groups excluding tert-OH is 6. The Bertz CT molecular complexity index is 4120. The number of carbonyl (C=O) groups is 3. The zero-order valence-electron chi connectivity index (χ0n) is 60.5. The van der Waals surface area contributed by atoms with Crippen molar-refractivity contribution in [1.29, 1.82) is 0 Å². The monoisotopic (exact) mass is 1430 g/mol. The van der Waals surface area contributed by atoms with Gasteiger partial charge in [0.1, 0.15) is 22.7 Å². The van der Waals surface area contributed by atoms with Gasteiger partial charge in [-0.25, -0.2) is 9.59 Å². The predicted molar refractivity (Wildman–Crippen MR) is 391 cm³/mol. The summed E-state index contributed by atoms with van der Waals surface area (Å²) < 4.78 is 54.1. The largest absolute Gasteiger partial charge is 0.507 e. The SMILES string of the molecule is CN1CCc2cc(CO)c(CO)c3c2C1Cc1c(N)cc(CO)c(O)c1-3.CN1CCc2cc(CO)c(CO)c3c2C1Cc1c(NC(=O)Nc2ccc(N4CCC(CNC(=O)OC(C)(C)C)CC4)c(C(F)(F)F)c2)cc(CO)c(O)c1-3.Cc1cc(N)ccc1N1CCC(CCC(=O)OC(C)(C)C)CC1. The number of alkyl halides is 3. The summed E-state index contributed by atoms with van der Waals surface area (Å²) in [6, 6.07) is 15.8. The Balaban J connectivity index is 0.000000191. The Hall–Kier alpha value is -8.40. The van der Waals surface area contributed by atoms with E-state index >= 15 is 0 Å². The molecule has 6 aliphatic rings. The van der Waals surface area contributed by atoms with Crippen LogP contribution in [-0.2, 0) is 85.8 Å². The molecule has 6 aromatic rings. The van der Waals surface area contributed by atoms with Crippen LogP contribution in [0, 0.1) is 18.8 Å². The molecule has 2 aliphatic carbocycles. The van der Waals surface area contributed by atoms with Gasteiger partial charge in [-0.3, -0.25) is 14.6 Å². The highest BCUT2D eigenvalue weighted by Gasteiger charge is 2.42. The minimum Gasteiger partial charge on any atom is -0.507 e. The summed E-state index contributed by atoms with van der Waals surface area (Å²) in [5.74, 6) is 0.411. The number of piperidine rings is 2. The number of hydrogen-bond acceptors (Lipinski definition) is 19. The van der Waals surface area contributed by atoms with Crippen LogP contribution >= 0.6 is 0 Å². The Morgan fingerprint density at radius 1 is 0.573 bits per heavy atom. The lowest BCUT2D eigenvalue weighted by atomic mass is 9.73. The maximum absolute atomic E-state index is 14.5. The molecule has 103 heavy (non-hydrogen) atoms. The van der Waals surface area contributed by atoms with Crippen LogP contribution in [0.1, 0.15) is 170 Å². The molecule has 2 atom stereocenters. The van der Waals surface area contributed by atoms with Crippen LogP contribution in [0.25, 0.3) is 22.3 Å². The molecule has 0 radical (unpaired) electrons. The number of fused-ring (bicyclic) bond motifs is 4. The van der Waals surface area contributed by atoms with E-state index in [1.807, 2.05) is 52.1 Å². The number of aliphatic hydroxyl groups is 6. The molecule has 3 amide bonds. The number of aromatic hydroxyl groups is 2. The van der Waals surface area contributed by atoms with Gasteiger partial charge in [-0.2, -0.15) is 13.2 Å². The van der Waals surface area contributed by atoms with Gasteiger partial charge in [0, 0.05) is 121 Å². The molecule has 15 N–H and O–H groups in total. The van der Waals surface area contributed by atoms with Crippen molar-refractivity contribution in [3.8, 4) is 33.8 Å². The van der Waals surface area contributed by atoms with E-state index in [0.717, 1.165) is 90.5 Å². The van der Waals surface area contributed by atoms with Crippen molar-refractivity contribution < 1.29 is 77.9 Å². The van der Waals surface area contributed by atoms with Crippen molar-refractivity contribution in [2.75, 3.05) is 91.8 Å². The first-order chi connectivity index (χ1) is 48.8. The number of nitrogens with two attached hydrogens (primary N) is 2. The van der Waals surface area contributed by atoms with Crippen molar-refractivity contribution >= 4 is 52.2 Å². The van der Waals surface area contributed by atoms with Gasteiger partial charge in [-0.05, 0) is 253 Å². The van der Waals surface area contributed by atoms with Gasteiger partial charge in [0.2, 0.25) is 0 Å². The van der Waals surface area contributed by atoms with E-state index in [-0.39, 0.29) is 90.1 Å². The topological polar surface area (TPSA) is 333 Å². The van der Waals surface area contributed by atoms with Crippen LogP contribution in [0.2, 0.25) is 0 Å². The summed E-state index contributed by atoms with van der Waals surface area (Å²) in [5, 5.41) is 90.7. The fraction of sp³-hybridized carbons (Fsp3) is 0.500. The van der Waals surface area contributed by atoms with E-state index in [1.165, 1.54) is 29.4 Å². The van der Waals surface area contributed by atoms with E-state index in [4.69, 9.17) is 20.9 Å². The van der Waals surface area contributed by atoms with Gasteiger partial charge in [0.25, 0.3) is 0 Å². The van der Waals surface area contributed by atoms with Crippen LogP contribution in [-0.4, -0.2) is 140 Å². The predicted octanol–water partition coefficient (Wildman–Crippen LogP) is 11.1. The van der Waals surface area contributed by atoms with E-state index in [2.05, 4.69) is 50.7 Å². The molecule has 0 bridgehead atoms. The maximum atomic E-state index is 14.5. The van der Waals surface area contributed by atoms with Crippen LogP contribution in [0.5, 0.6) is 11.5 Å². The Morgan fingerprint density at radius 2 is 1.07 bits per heavy atom. The number of halogens is 3. The molecule has 2 fully saturated rings. The number of likely N-dealkylation sites (N-methyl/N-ethyl adjacent to an activating group) is 2. The fourth-order valence-electron chi connectivity index (χ4n) is 15.8. The number of urea groups is 1. The molecule has 4 heterocycles. The molecule has 558 valence electrons. The molecule has 0 aromatic heterocycles. The molecule has 0 spiro atoms. The first-order valence-electron chi connectivity index (χ1n) is 35.5. The van der Waals surface area contributed by atoms with Gasteiger partial charge in [0.05, 0.1) is 45.2 Å². The molecule has 6 aromatic carbocycles. The number of phenols is 2. The number of rotatable bonds is 15. The van der Waals surface area contributed by atoms with Gasteiger partial charge in [-0.15, -0.1) is 0 Å². The van der Waals surface area contributed by atoms with Crippen molar-refractivity contribution in [3.05, 3.63) is 139 Å². The Labute approximate surface area is 600 Å². The number of alkyl carbamates (subject to hydrolysis) is 1. The zero-order chi connectivity index (χ0) is 74.7. The van der Waals surface area contributed by atoms with Crippen LogP contribution in [0.4, 0.5) is 56.9 Å². The Kier molecular flexibility index (Phi) is 23.9. The number of esters is 1. The van der Waals surface area contributed by atoms with Crippen molar-refractivity contribution in [3.63, 3.8) is 0 Å². The molecule has 2 unspecified atom stereocenters. The number of benzene rings is 6. The molecule has 2 saturated heterocycles. The molecule has 12 rings (SSSR count). The van der Waals surface area contributed by atoms with E-state index in [0.29, 0.717) is 126 Å². The maximum Gasteiger partial charge on any atom is 0.418 e. The second kappa shape index (κ2) is 31.9. The average molecular weight is 1430 g/mol. The molecule has 22 nitrogen and oxygen atoms in total. The fourth-order valence-corrected chi connectivity index (χ4v) is 15.8. The highest BCUT2D eigenvalue weighted by molar-refractivity contribution is 6.02. The highest BCUT2D eigenvalue weighted by Crippen LogP contribution is 2.55. The average Bonchev–Trinajstić information content (AvgIpc) is 0.722. The van der Waals surface area contributed by atoms with Gasteiger partial charge in [-0.1, -0.05) is 12.1 Å². The van der Waals surface area contributed by atoms with Crippen LogP contribution in [0.15, 0.2) is 60.7 Å². The number of aryl methyl sites for hydroxylation is 1. The standard InChI is InChI=1S/C39H48F3N5O7.C20H24N2O4.C19H30N2O2/c1-38(2,3)54-37(53)43-17-21-7-11-47(12-8-21)30-6-5-25(15-28(30)39(40,41)42)44-36(52)45-29-14-24(19-49)35(51)34-26(29)16-31-32-22(9-10-46(31)4)13-23(18-48)27(20-50)33(32)34;1-22-3-2-10-4-11(7-23)14(9-25)18-17(10)16(22)6-13-15(21)5-12(8-24)20(26)19(13)18;1-14-13-16(20)6-7-17(14)21-11-9-15(10-12-21)5-8-18(22)23-19(2,3)4/h5-6,13-15,21,31,48-51H,7-12,16-20H2,1-4H3,(H,43,53)(H2,44,45,52);4-5,16,23-26H,2-3,6-9,21H2,1H3;6-7,13,15H,5,8-12,20H2,1-4H3. The van der Waals surface area contributed by atoms with Gasteiger partial charge in [0.15, 0.2) is 0 Å². The van der Waals surface area contributed by atoms with Crippen molar-refractivity contribution in [2.45, 2.75) is 182 Å². The minimum atomic E-state index is -4.72. The number of carbonyl (C=O) groups excluding carboxylic acids is 3. The minimum absolute atomic E-state index is 0.00960. The lowest BCUT2D eigenvalue weighted by Crippen LogP contribution is -2.40. The molecular formula is C78H102F3N9O13. The third kappa shape index (κ3) is 17.2. The quantitative estimate of drug-likeness (QED) is 0.0258. The number of anilines is 6. The second-order valence-corrected chi connectivity index (χ2v) is 30.1. The summed E-state index contributed by atoms with van der Waals surface area (Å²) in [7, 11) is 4.02. The summed E-state index contributed by atoms with van der Waals surface area (Å²) in [6.07, 6.45) is 2.14. The summed E-state index contributed by atoms with van der Waals surface area (Å²) in [5.41, 5.74) is 24.6. The number of nitrogens with zero attached hydrogens (tertiary/aromatic N) is 4. The molecule has 25 heteroatoms. The normalized spacial score (nSPS) is 17.5. The number of nitrogen functional groups attached to an aromatic ring is 2. The zero-order valence-corrected chi connectivity index (χ0v) is 60.5. The third-order valence-electron chi connectivity index (χ3n) is 20.9. The van der Waals surface area contributed by atoms with Crippen molar-refractivity contribution in [1.82, 2.24) is 15.1 Å². The molecular weight excluding hydrogens is 1330 g/mol. The number of nitrogens with one attached hydrogen (secondary N) is 3. The van der Waals surface area contributed by atoms with Gasteiger partial charge >= 0.3 is 24.3 Å². The first-order valence-corrected chi connectivity index (χ1v) is 35.5. The van der Waals surface area contributed by atoms with Crippen LogP contribution < -0.4 is 37.2 Å². The first kappa shape index (κ1) is 77.2. The smallest absolute Gasteiger partial charge is 0.418 e. The van der Waals surface area contributed by atoms with E-state index in [1.54, 1.807) is 31.7 Å².